The van der Waals surface area contributed by atoms with Gasteiger partial charge in [0, 0.05) is 5.69 Å². The maximum absolute atomic E-state index is 3.97. The zero-order valence-corrected chi connectivity index (χ0v) is 17.8. The molecule has 0 spiro atoms. The quantitative estimate of drug-likeness (QED) is 0.740. The largest absolute Gasteiger partial charge is 0.412 e. The summed E-state index contributed by atoms with van der Waals surface area (Å²) in [4.78, 5) is 3.97. The van der Waals surface area contributed by atoms with Crippen LogP contribution >= 0.6 is 0 Å². The molecule has 0 aromatic heterocycles. The lowest BCUT2D eigenvalue weighted by molar-refractivity contribution is 1.21. The molecule has 0 aliphatic heterocycles. The maximum Gasteiger partial charge on any atom is 0.141 e. The standard InChI is InChI=1S/C21H29NSi2/c1-16-10-12-19(13-11-16)22-24(5,6)23(3,4)21-9-7-8-18-14-17(2)15-20(18)21/h7-14,22H,15H2,1-6H3. The number of aryl methyl sites for hydroxylation is 1. The number of allylic oxidation sites excluding steroid dienone is 1. The topological polar surface area (TPSA) is 12.0 Å². The molecule has 0 atom stereocenters. The van der Waals surface area contributed by atoms with Crippen molar-refractivity contribution in [1.82, 2.24) is 0 Å². The summed E-state index contributed by atoms with van der Waals surface area (Å²) in [5.41, 5.74) is 7.13. The third-order valence-corrected chi connectivity index (χ3v) is 22.2. The highest BCUT2D eigenvalue weighted by atomic mass is 29.3. The van der Waals surface area contributed by atoms with Crippen LogP contribution in [0.1, 0.15) is 23.6 Å². The van der Waals surface area contributed by atoms with Crippen LogP contribution in [0, 0.1) is 6.92 Å². The van der Waals surface area contributed by atoms with Crippen LogP contribution in [-0.4, -0.2) is 15.3 Å². The Bertz CT molecular complexity index is 786. The Balaban J connectivity index is 1.95. The average molecular weight is 352 g/mol. The number of nitrogens with one attached hydrogen (secondary N) is 1. The van der Waals surface area contributed by atoms with Crippen molar-refractivity contribution in [2.45, 2.75) is 46.5 Å². The Morgan fingerprint density at radius 2 is 1.54 bits per heavy atom. The summed E-state index contributed by atoms with van der Waals surface area (Å²) >= 11 is 0. The molecule has 1 nitrogen and oxygen atoms in total. The van der Waals surface area contributed by atoms with Gasteiger partial charge in [-0.1, -0.05) is 78.9 Å². The lowest BCUT2D eigenvalue weighted by atomic mass is 10.1. The molecule has 1 aliphatic carbocycles. The first-order chi connectivity index (χ1) is 11.2. The van der Waals surface area contributed by atoms with E-state index in [0.717, 1.165) is 6.42 Å². The van der Waals surface area contributed by atoms with Crippen LogP contribution < -0.4 is 10.2 Å². The Morgan fingerprint density at radius 1 is 0.875 bits per heavy atom. The highest BCUT2D eigenvalue weighted by Crippen LogP contribution is 2.29. The van der Waals surface area contributed by atoms with E-state index in [0.29, 0.717) is 0 Å². The van der Waals surface area contributed by atoms with Gasteiger partial charge < -0.3 is 4.98 Å². The van der Waals surface area contributed by atoms with Gasteiger partial charge in [-0.15, -0.1) is 0 Å². The van der Waals surface area contributed by atoms with Gasteiger partial charge in [-0.05, 0) is 43.5 Å². The van der Waals surface area contributed by atoms with Gasteiger partial charge >= 0.3 is 0 Å². The first-order valence-electron chi connectivity index (χ1n) is 8.85. The summed E-state index contributed by atoms with van der Waals surface area (Å²) in [5.74, 6) is 0. The van der Waals surface area contributed by atoms with Gasteiger partial charge in [0.1, 0.15) is 7.75 Å². The Hall–Kier alpha value is -1.59. The van der Waals surface area contributed by atoms with Crippen molar-refractivity contribution < 1.29 is 0 Å². The van der Waals surface area contributed by atoms with Crippen LogP contribution in [0.25, 0.3) is 6.08 Å². The van der Waals surface area contributed by atoms with Crippen molar-refractivity contribution in [3.63, 3.8) is 0 Å². The molecular weight excluding hydrogens is 322 g/mol. The van der Waals surface area contributed by atoms with Crippen molar-refractivity contribution in [3.8, 4) is 0 Å². The Labute approximate surface area is 148 Å². The predicted octanol–water partition coefficient (Wildman–Crippen LogP) is 5.27. The van der Waals surface area contributed by atoms with Crippen LogP contribution in [0.2, 0.25) is 26.2 Å². The molecule has 0 saturated heterocycles. The molecule has 3 heteroatoms. The second-order valence-corrected chi connectivity index (χ2v) is 23.1. The molecule has 24 heavy (non-hydrogen) atoms. The molecular formula is C21H29NSi2. The van der Waals surface area contributed by atoms with E-state index in [1.165, 1.54) is 22.4 Å². The minimum Gasteiger partial charge on any atom is -0.412 e. The molecule has 3 rings (SSSR count). The molecule has 2 aromatic rings. The molecule has 0 bridgehead atoms. The summed E-state index contributed by atoms with van der Waals surface area (Å²) < 4.78 is 0. The van der Waals surface area contributed by atoms with Gasteiger partial charge in [0.2, 0.25) is 0 Å². The van der Waals surface area contributed by atoms with Crippen molar-refractivity contribution >= 4 is 32.3 Å². The van der Waals surface area contributed by atoms with E-state index in [1.807, 2.05) is 0 Å². The predicted molar refractivity (Wildman–Crippen MR) is 113 cm³/mol. The van der Waals surface area contributed by atoms with Crippen molar-refractivity contribution in [3.05, 3.63) is 64.7 Å². The van der Waals surface area contributed by atoms with Gasteiger partial charge in [-0.2, -0.15) is 0 Å². The minimum absolute atomic E-state index is 1.14. The number of fused-ring (bicyclic) bond motifs is 1. The fourth-order valence-electron chi connectivity index (χ4n) is 3.61. The van der Waals surface area contributed by atoms with Gasteiger partial charge in [0.25, 0.3) is 0 Å². The van der Waals surface area contributed by atoms with Crippen LogP contribution in [0.4, 0.5) is 5.69 Å². The van der Waals surface area contributed by atoms with Crippen molar-refractivity contribution in [1.29, 1.82) is 0 Å². The van der Waals surface area contributed by atoms with Crippen LogP contribution in [0.15, 0.2) is 48.0 Å². The highest BCUT2D eigenvalue weighted by Gasteiger charge is 2.44. The maximum atomic E-state index is 3.97. The van der Waals surface area contributed by atoms with Crippen LogP contribution in [-0.2, 0) is 6.42 Å². The van der Waals surface area contributed by atoms with Gasteiger partial charge in [-0.25, -0.2) is 0 Å². The smallest absolute Gasteiger partial charge is 0.141 e. The molecule has 126 valence electrons. The van der Waals surface area contributed by atoms with E-state index >= 15 is 0 Å². The summed E-state index contributed by atoms with van der Waals surface area (Å²) in [6.07, 6.45) is 3.50. The number of anilines is 1. The third kappa shape index (κ3) is 3.03. The van der Waals surface area contributed by atoms with E-state index in [4.69, 9.17) is 0 Å². The summed E-state index contributed by atoms with van der Waals surface area (Å²) in [6, 6.07) is 15.8. The lowest BCUT2D eigenvalue weighted by Gasteiger charge is -2.41. The second-order valence-electron chi connectivity index (χ2n) is 8.28. The summed E-state index contributed by atoms with van der Waals surface area (Å²) in [6.45, 7) is 14.5. The normalized spacial score (nSPS) is 14.3. The van der Waals surface area contributed by atoms with Crippen LogP contribution in [0.3, 0.4) is 0 Å². The molecule has 0 radical (unpaired) electrons. The van der Waals surface area contributed by atoms with Gasteiger partial charge in [0.15, 0.2) is 0 Å². The van der Waals surface area contributed by atoms with Crippen LogP contribution in [0.5, 0.6) is 0 Å². The molecule has 0 amide bonds. The summed E-state index contributed by atoms with van der Waals surface area (Å²) in [7, 11) is -3.22. The molecule has 1 aliphatic rings. The number of rotatable bonds is 4. The molecule has 0 heterocycles. The molecule has 0 fully saturated rings. The Morgan fingerprint density at radius 3 is 2.21 bits per heavy atom. The van der Waals surface area contributed by atoms with Crippen molar-refractivity contribution in [2.24, 2.45) is 0 Å². The minimum atomic E-state index is -1.63. The van der Waals surface area contributed by atoms with Crippen molar-refractivity contribution in [2.75, 3.05) is 4.98 Å². The average Bonchev–Trinajstić information content (AvgIpc) is 2.89. The van der Waals surface area contributed by atoms with E-state index in [-0.39, 0.29) is 0 Å². The first kappa shape index (κ1) is 17.2. The summed E-state index contributed by atoms with van der Waals surface area (Å²) in [5, 5.41) is 1.66. The number of benzene rings is 2. The second kappa shape index (κ2) is 6.05. The molecule has 2 aromatic carbocycles. The van der Waals surface area contributed by atoms with Gasteiger partial charge in [0.05, 0.1) is 7.59 Å². The van der Waals surface area contributed by atoms with E-state index in [9.17, 15) is 0 Å². The van der Waals surface area contributed by atoms with E-state index in [2.05, 4.69) is 93.6 Å². The highest BCUT2D eigenvalue weighted by molar-refractivity contribution is 7.46. The molecule has 0 unspecified atom stereocenters. The number of hydrogen-bond donors (Lipinski definition) is 1. The zero-order chi connectivity index (χ0) is 17.5. The zero-order valence-electron chi connectivity index (χ0n) is 15.8. The first-order valence-corrected chi connectivity index (χ1v) is 15.8. The Kier molecular flexibility index (Phi) is 4.34. The van der Waals surface area contributed by atoms with E-state index in [1.54, 1.807) is 10.8 Å². The molecule has 1 N–H and O–H groups in total. The number of hydrogen-bond acceptors (Lipinski definition) is 1. The lowest BCUT2D eigenvalue weighted by Crippen LogP contribution is -2.68. The molecule has 0 saturated carbocycles. The fourth-order valence-corrected chi connectivity index (χ4v) is 11.1. The monoisotopic (exact) mass is 351 g/mol. The third-order valence-electron chi connectivity index (χ3n) is 5.81. The SMILES string of the molecule is CC1=Cc2cccc([Si](C)(C)[Si](C)(C)Nc3ccc(C)cc3)c2C1. The van der Waals surface area contributed by atoms with Gasteiger partial charge in [-0.3, -0.25) is 0 Å². The van der Waals surface area contributed by atoms with E-state index < -0.39 is 15.3 Å². The fraction of sp³-hybridized carbons (Fsp3) is 0.333.